The molecule has 9 nitrogen and oxygen atoms in total. The van der Waals surface area contributed by atoms with E-state index in [1.165, 1.54) is 25.2 Å². The first kappa shape index (κ1) is 21.9. The predicted octanol–water partition coefficient (Wildman–Crippen LogP) is 4.69. The van der Waals surface area contributed by atoms with Crippen molar-refractivity contribution in [2.75, 3.05) is 16.7 Å². The second-order valence-corrected chi connectivity index (χ2v) is 10.5. The van der Waals surface area contributed by atoms with Gasteiger partial charge in [-0.1, -0.05) is 30.0 Å². The number of sulfonamides is 1. The highest BCUT2D eigenvalue weighted by molar-refractivity contribution is 7.99. The number of hydrogen-bond acceptors (Lipinski definition) is 7. The zero-order valence-electron chi connectivity index (χ0n) is 17.6. The van der Waals surface area contributed by atoms with E-state index in [4.69, 9.17) is 0 Å². The van der Waals surface area contributed by atoms with Gasteiger partial charge in [0.25, 0.3) is 21.6 Å². The Morgan fingerprint density at radius 1 is 1.06 bits per heavy atom. The first-order chi connectivity index (χ1) is 16.3. The number of nitro groups is 1. The minimum absolute atomic E-state index is 0.234. The number of amides is 1. The molecule has 0 atom stereocenters. The van der Waals surface area contributed by atoms with Crippen LogP contribution in [-0.4, -0.2) is 31.3 Å². The summed E-state index contributed by atoms with van der Waals surface area (Å²) in [7, 11) is -2.81. The SMILES string of the molecule is CN(c1cc2c3c(cccc3c1)NC2=O)S(=O)(=O)c1ccc(Sc2ccccn2)c([N+](=O)[O-])c1. The molecule has 0 bridgehead atoms. The van der Waals surface area contributed by atoms with Gasteiger partial charge >= 0.3 is 0 Å². The molecular formula is C23H16N4O5S2. The Hall–Kier alpha value is -3.96. The van der Waals surface area contributed by atoms with Gasteiger partial charge in [0.15, 0.2) is 0 Å². The Labute approximate surface area is 198 Å². The van der Waals surface area contributed by atoms with E-state index in [1.807, 2.05) is 0 Å². The Kier molecular flexibility index (Phi) is 5.22. The standard InChI is InChI=1S/C23H16N4O5S2/c1-26(15-11-14-5-4-6-18-22(14)17(12-15)23(28)25-18)34(31,32)16-8-9-20(19(13-16)27(29)30)33-21-7-2-3-10-24-21/h2-13H,1H3,(H,25,28). The van der Waals surface area contributed by atoms with Crippen LogP contribution in [-0.2, 0) is 10.0 Å². The molecule has 0 saturated carbocycles. The summed E-state index contributed by atoms with van der Waals surface area (Å²) in [5.74, 6) is -0.314. The van der Waals surface area contributed by atoms with E-state index in [9.17, 15) is 23.3 Å². The van der Waals surface area contributed by atoms with Crippen LogP contribution in [0.15, 0.2) is 87.7 Å². The van der Waals surface area contributed by atoms with Gasteiger partial charge in [-0.05, 0) is 47.9 Å². The number of pyridine rings is 1. The van der Waals surface area contributed by atoms with E-state index in [0.717, 1.165) is 27.5 Å². The maximum absolute atomic E-state index is 13.4. The van der Waals surface area contributed by atoms with Crippen molar-refractivity contribution >= 4 is 55.5 Å². The molecule has 0 radical (unpaired) electrons. The van der Waals surface area contributed by atoms with Crippen LogP contribution in [0.4, 0.5) is 17.1 Å². The summed E-state index contributed by atoms with van der Waals surface area (Å²) in [5.41, 5.74) is 0.974. The van der Waals surface area contributed by atoms with E-state index >= 15 is 0 Å². The number of nitro benzene ring substituents is 1. The van der Waals surface area contributed by atoms with Crippen LogP contribution in [0.2, 0.25) is 0 Å². The molecule has 1 aromatic heterocycles. The van der Waals surface area contributed by atoms with Gasteiger partial charge < -0.3 is 5.32 Å². The quantitative estimate of drug-likeness (QED) is 0.306. The third-order valence-corrected chi connectivity index (χ3v) is 8.25. The molecule has 0 aliphatic carbocycles. The van der Waals surface area contributed by atoms with Crippen molar-refractivity contribution < 1.29 is 18.1 Å². The van der Waals surface area contributed by atoms with Gasteiger partial charge in [0.1, 0.15) is 5.03 Å². The van der Waals surface area contributed by atoms with Gasteiger partial charge in [-0.2, -0.15) is 0 Å². The minimum atomic E-state index is -4.16. The third kappa shape index (κ3) is 3.64. The van der Waals surface area contributed by atoms with Crippen molar-refractivity contribution in [3.63, 3.8) is 0 Å². The number of anilines is 2. The van der Waals surface area contributed by atoms with Gasteiger partial charge in [-0.3, -0.25) is 19.2 Å². The molecule has 11 heteroatoms. The van der Waals surface area contributed by atoms with Crippen LogP contribution in [0.5, 0.6) is 0 Å². The Bertz CT molecular complexity index is 1590. The molecule has 3 aromatic carbocycles. The minimum Gasteiger partial charge on any atom is -0.321 e. The van der Waals surface area contributed by atoms with Crippen molar-refractivity contribution in [2.45, 2.75) is 14.8 Å². The smallest absolute Gasteiger partial charge is 0.284 e. The zero-order valence-corrected chi connectivity index (χ0v) is 19.3. The fourth-order valence-electron chi connectivity index (χ4n) is 3.77. The molecule has 0 fully saturated rings. The molecule has 2 heterocycles. The molecule has 4 aromatic rings. The molecule has 1 aliphatic rings. The van der Waals surface area contributed by atoms with Crippen LogP contribution < -0.4 is 9.62 Å². The molecule has 34 heavy (non-hydrogen) atoms. The largest absolute Gasteiger partial charge is 0.321 e. The average Bonchev–Trinajstić information content (AvgIpc) is 3.15. The second-order valence-electron chi connectivity index (χ2n) is 7.48. The molecule has 0 unspecified atom stereocenters. The highest BCUT2D eigenvalue weighted by Crippen LogP contribution is 2.39. The highest BCUT2D eigenvalue weighted by atomic mass is 32.2. The van der Waals surface area contributed by atoms with Crippen LogP contribution in [0.1, 0.15) is 10.4 Å². The fraction of sp³-hybridized carbons (Fsp3) is 0.0435. The lowest BCUT2D eigenvalue weighted by atomic mass is 10.0. The van der Waals surface area contributed by atoms with Crippen LogP contribution >= 0.6 is 11.8 Å². The Balaban J connectivity index is 1.55. The number of rotatable bonds is 6. The lowest BCUT2D eigenvalue weighted by Gasteiger charge is -2.20. The summed E-state index contributed by atoms with van der Waals surface area (Å²) in [6, 6.07) is 17.5. The first-order valence-corrected chi connectivity index (χ1v) is 12.3. The normalized spacial score (nSPS) is 12.6. The van der Waals surface area contributed by atoms with Crippen molar-refractivity contribution in [2.24, 2.45) is 0 Å². The van der Waals surface area contributed by atoms with Crippen LogP contribution in [0.3, 0.4) is 0 Å². The summed E-state index contributed by atoms with van der Waals surface area (Å²) in [5, 5.41) is 16.5. The van der Waals surface area contributed by atoms with Gasteiger partial charge in [0, 0.05) is 30.4 Å². The van der Waals surface area contributed by atoms with E-state index in [2.05, 4.69) is 10.3 Å². The third-order valence-electron chi connectivity index (χ3n) is 5.46. The molecule has 5 rings (SSSR count). The van der Waals surface area contributed by atoms with E-state index in [-0.39, 0.29) is 27.1 Å². The summed E-state index contributed by atoms with van der Waals surface area (Å²) in [4.78, 5) is 27.7. The zero-order chi connectivity index (χ0) is 24.0. The molecular weight excluding hydrogens is 476 g/mol. The molecule has 1 amide bonds. The number of benzene rings is 3. The van der Waals surface area contributed by atoms with Gasteiger partial charge in [-0.15, -0.1) is 0 Å². The number of nitrogens with zero attached hydrogens (tertiary/aromatic N) is 3. The van der Waals surface area contributed by atoms with E-state index in [0.29, 0.717) is 21.7 Å². The number of nitrogens with one attached hydrogen (secondary N) is 1. The number of carbonyl (C=O) groups is 1. The number of carbonyl (C=O) groups excluding carboxylic acids is 1. The average molecular weight is 493 g/mol. The van der Waals surface area contributed by atoms with Crippen molar-refractivity contribution in [1.29, 1.82) is 0 Å². The number of hydrogen-bond donors (Lipinski definition) is 1. The molecule has 1 N–H and O–H groups in total. The highest BCUT2D eigenvalue weighted by Gasteiger charge is 2.28. The lowest BCUT2D eigenvalue weighted by molar-refractivity contribution is -0.388. The summed E-state index contributed by atoms with van der Waals surface area (Å²) in [6.45, 7) is 0. The van der Waals surface area contributed by atoms with Crippen LogP contribution in [0, 0.1) is 10.1 Å². The van der Waals surface area contributed by atoms with E-state index in [1.54, 1.807) is 48.7 Å². The molecule has 170 valence electrons. The maximum Gasteiger partial charge on any atom is 0.284 e. The summed E-state index contributed by atoms with van der Waals surface area (Å²) < 4.78 is 27.8. The lowest BCUT2D eigenvalue weighted by Crippen LogP contribution is -2.26. The van der Waals surface area contributed by atoms with Gasteiger partial charge in [-0.25, -0.2) is 13.4 Å². The summed E-state index contributed by atoms with van der Waals surface area (Å²) in [6.07, 6.45) is 1.57. The second kappa shape index (κ2) is 8.12. The van der Waals surface area contributed by atoms with E-state index < -0.39 is 14.9 Å². The maximum atomic E-state index is 13.4. The Morgan fingerprint density at radius 3 is 2.62 bits per heavy atom. The van der Waals surface area contributed by atoms with Crippen molar-refractivity contribution in [3.8, 4) is 0 Å². The molecule has 1 aliphatic heterocycles. The van der Waals surface area contributed by atoms with Crippen molar-refractivity contribution in [3.05, 3.63) is 88.6 Å². The summed E-state index contributed by atoms with van der Waals surface area (Å²) >= 11 is 1.07. The van der Waals surface area contributed by atoms with Gasteiger partial charge in [0.2, 0.25) is 0 Å². The van der Waals surface area contributed by atoms with Gasteiger partial charge in [0.05, 0.1) is 26.0 Å². The monoisotopic (exact) mass is 492 g/mol. The van der Waals surface area contributed by atoms with Crippen LogP contribution in [0.25, 0.3) is 10.8 Å². The fourth-order valence-corrected chi connectivity index (χ4v) is 5.83. The first-order valence-electron chi connectivity index (χ1n) is 10.00. The topological polar surface area (TPSA) is 123 Å². The predicted molar refractivity (Wildman–Crippen MR) is 129 cm³/mol. The number of aromatic nitrogens is 1. The van der Waals surface area contributed by atoms with Crippen molar-refractivity contribution in [1.82, 2.24) is 4.98 Å². The molecule has 0 spiro atoms. The Morgan fingerprint density at radius 2 is 1.88 bits per heavy atom. The molecule has 0 saturated heterocycles.